The van der Waals surface area contributed by atoms with Gasteiger partial charge in [-0.25, -0.2) is 4.39 Å². The van der Waals surface area contributed by atoms with Crippen molar-refractivity contribution in [1.82, 2.24) is 5.32 Å². The number of halogens is 2. The third-order valence-corrected chi connectivity index (χ3v) is 4.64. The van der Waals surface area contributed by atoms with Crippen LogP contribution in [0.2, 0.25) is 0 Å². The van der Waals surface area contributed by atoms with E-state index in [1.807, 2.05) is 18.4 Å². The smallest absolute Gasteiger partial charge is 0.129 e. The maximum Gasteiger partial charge on any atom is 0.129 e. The number of aryl methyl sites for hydroxylation is 1. The molecule has 1 unspecified atom stereocenters. The summed E-state index contributed by atoms with van der Waals surface area (Å²) >= 11 is 5.11. The number of nitrogens with one attached hydrogen (secondary N) is 1. The van der Waals surface area contributed by atoms with Crippen molar-refractivity contribution in [2.75, 3.05) is 6.54 Å². The van der Waals surface area contributed by atoms with Crippen LogP contribution in [0.4, 0.5) is 4.39 Å². The van der Waals surface area contributed by atoms with Crippen molar-refractivity contribution < 1.29 is 4.39 Å². The first-order chi connectivity index (χ1) is 8.65. The van der Waals surface area contributed by atoms with Crippen LogP contribution in [0.3, 0.4) is 0 Å². The van der Waals surface area contributed by atoms with Crippen molar-refractivity contribution >= 4 is 27.3 Å². The minimum absolute atomic E-state index is 0.0921. The molecule has 2 rings (SSSR count). The van der Waals surface area contributed by atoms with Crippen LogP contribution in [-0.2, 0) is 0 Å². The highest BCUT2D eigenvalue weighted by Crippen LogP contribution is 2.34. The van der Waals surface area contributed by atoms with Crippen LogP contribution < -0.4 is 5.32 Å². The Morgan fingerprint density at radius 1 is 1.39 bits per heavy atom. The molecular formula is C14H15BrFNS. The van der Waals surface area contributed by atoms with Crippen molar-refractivity contribution in [1.29, 1.82) is 0 Å². The monoisotopic (exact) mass is 327 g/mol. The fourth-order valence-electron chi connectivity index (χ4n) is 2.00. The standard InChI is InChI=1S/C14H15BrFNS/c1-3-17-13(14-9(2)7-8-18-14)12-10(15)5-4-6-11(12)16/h4-8,13,17H,3H2,1-2H3. The first-order valence-corrected chi connectivity index (χ1v) is 7.53. The molecule has 0 amide bonds. The zero-order valence-corrected chi connectivity index (χ0v) is 12.7. The number of rotatable bonds is 4. The normalized spacial score (nSPS) is 12.7. The largest absolute Gasteiger partial charge is 0.306 e. The van der Waals surface area contributed by atoms with Crippen molar-refractivity contribution in [2.45, 2.75) is 19.9 Å². The summed E-state index contributed by atoms with van der Waals surface area (Å²) < 4.78 is 14.9. The van der Waals surface area contributed by atoms with Gasteiger partial charge < -0.3 is 5.32 Å². The minimum atomic E-state index is -0.178. The molecule has 18 heavy (non-hydrogen) atoms. The van der Waals surface area contributed by atoms with Crippen molar-refractivity contribution in [3.63, 3.8) is 0 Å². The second kappa shape index (κ2) is 5.95. The highest BCUT2D eigenvalue weighted by atomic mass is 79.9. The van der Waals surface area contributed by atoms with Gasteiger partial charge in [0.2, 0.25) is 0 Å². The SMILES string of the molecule is CCNC(c1sccc1C)c1c(F)cccc1Br. The molecule has 1 nitrogen and oxygen atoms in total. The van der Waals surface area contributed by atoms with Crippen LogP contribution >= 0.6 is 27.3 Å². The van der Waals surface area contributed by atoms with Gasteiger partial charge in [0.25, 0.3) is 0 Å². The van der Waals surface area contributed by atoms with E-state index in [0.717, 1.165) is 11.0 Å². The molecule has 0 radical (unpaired) electrons. The lowest BCUT2D eigenvalue weighted by Crippen LogP contribution is -2.23. The Balaban J connectivity index is 2.52. The molecule has 0 spiro atoms. The van der Waals surface area contributed by atoms with Gasteiger partial charge in [-0.15, -0.1) is 11.3 Å². The van der Waals surface area contributed by atoms with E-state index in [4.69, 9.17) is 0 Å². The quantitative estimate of drug-likeness (QED) is 0.861. The van der Waals surface area contributed by atoms with Crippen molar-refractivity contribution in [2.24, 2.45) is 0 Å². The molecule has 0 aliphatic rings. The Labute approximate surface area is 119 Å². The van der Waals surface area contributed by atoms with Crippen LogP contribution in [0.5, 0.6) is 0 Å². The predicted octanol–water partition coefficient (Wildman–Crippen LogP) is 4.66. The summed E-state index contributed by atoms with van der Waals surface area (Å²) in [4.78, 5) is 1.17. The third kappa shape index (κ3) is 2.66. The zero-order valence-electron chi connectivity index (χ0n) is 10.3. The predicted molar refractivity (Wildman–Crippen MR) is 78.7 cm³/mol. The summed E-state index contributed by atoms with van der Waals surface area (Å²) in [6.45, 7) is 4.89. The molecule has 0 aliphatic carbocycles. The molecule has 1 N–H and O–H groups in total. The van der Waals surface area contributed by atoms with E-state index >= 15 is 0 Å². The van der Waals surface area contributed by atoms with Crippen LogP contribution in [0.15, 0.2) is 34.1 Å². The fraction of sp³-hybridized carbons (Fsp3) is 0.286. The zero-order chi connectivity index (χ0) is 13.1. The van der Waals surface area contributed by atoms with Crippen molar-refractivity contribution in [3.8, 4) is 0 Å². The molecule has 2 aromatic rings. The number of hydrogen-bond donors (Lipinski definition) is 1. The Hall–Kier alpha value is -0.710. The molecule has 1 atom stereocenters. The van der Waals surface area contributed by atoms with E-state index in [2.05, 4.69) is 34.2 Å². The molecule has 0 fully saturated rings. The van der Waals surface area contributed by atoms with Gasteiger partial charge >= 0.3 is 0 Å². The maximum absolute atomic E-state index is 14.1. The van der Waals surface area contributed by atoms with E-state index < -0.39 is 0 Å². The molecule has 0 aliphatic heterocycles. The van der Waals surface area contributed by atoms with E-state index in [-0.39, 0.29) is 11.9 Å². The van der Waals surface area contributed by atoms with E-state index in [9.17, 15) is 4.39 Å². The molecule has 1 aromatic heterocycles. The number of thiophene rings is 1. The summed E-state index contributed by atoms with van der Waals surface area (Å²) in [5, 5.41) is 5.41. The fourth-order valence-corrected chi connectivity index (χ4v) is 3.58. The van der Waals surface area contributed by atoms with Crippen LogP contribution in [0, 0.1) is 12.7 Å². The highest BCUT2D eigenvalue weighted by molar-refractivity contribution is 9.10. The second-order valence-corrected chi connectivity index (χ2v) is 5.90. The summed E-state index contributed by atoms with van der Waals surface area (Å²) in [6, 6.07) is 7.08. The molecule has 1 heterocycles. The molecule has 96 valence electrons. The average Bonchev–Trinajstić information content (AvgIpc) is 2.74. The van der Waals surface area contributed by atoms with Crippen LogP contribution in [-0.4, -0.2) is 6.54 Å². The van der Waals surface area contributed by atoms with Gasteiger partial charge in [-0.2, -0.15) is 0 Å². The second-order valence-electron chi connectivity index (χ2n) is 4.09. The molecule has 1 aromatic carbocycles. The molecule has 0 saturated heterocycles. The summed E-state index contributed by atoms with van der Waals surface area (Å²) in [6.07, 6.45) is 0. The van der Waals surface area contributed by atoms with Gasteiger partial charge in [-0.3, -0.25) is 0 Å². The van der Waals surface area contributed by atoms with Gasteiger partial charge in [-0.1, -0.05) is 28.9 Å². The minimum Gasteiger partial charge on any atom is -0.306 e. The van der Waals surface area contributed by atoms with Crippen LogP contribution in [0.1, 0.15) is 29.0 Å². The number of benzene rings is 1. The molecule has 0 saturated carbocycles. The molecule has 0 bridgehead atoms. The number of hydrogen-bond acceptors (Lipinski definition) is 2. The van der Waals surface area contributed by atoms with Gasteiger partial charge in [-0.05, 0) is 42.6 Å². The molecule has 4 heteroatoms. The highest BCUT2D eigenvalue weighted by Gasteiger charge is 2.22. The summed E-state index contributed by atoms with van der Waals surface area (Å²) in [5.41, 5.74) is 1.88. The van der Waals surface area contributed by atoms with E-state index in [0.29, 0.717) is 5.56 Å². The summed E-state index contributed by atoms with van der Waals surface area (Å²) in [5.74, 6) is -0.178. The topological polar surface area (TPSA) is 12.0 Å². The Morgan fingerprint density at radius 2 is 2.17 bits per heavy atom. The third-order valence-electron chi connectivity index (χ3n) is 2.86. The van der Waals surface area contributed by atoms with Gasteiger partial charge in [0.05, 0.1) is 6.04 Å². The van der Waals surface area contributed by atoms with Crippen LogP contribution in [0.25, 0.3) is 0 Å². The maximum atomic E-state index is 14.1. The van der Waals surface area contributed by atoms with Gasteiger partial charge in [0.15, 0.2) is 0 Å². The lowest BCUT2D eigenvalue weighted by atomic mass is 10.0. The first kappa shape index (κ1) is 13.7. The lowest BCUT2D eigenvalue weighted by Gasteiger charge is -2.20. The molecular weight excluding hydrogens is 313 g/mol. The summed E-state index contributed by atoms with van der Waals surface area (Å²) in [7, 11) is 0. The first-order valence-electron chi connectivity index (χ1n) is 5.86. The Morgan fingerprint density at radius 3 is 2.72 bits per heavy atom. The Kier molecular flexibility index (Phi) is 4.54. The van der Waals surface area contributed by atoms with E-state index in [1.165, 1.54) is 16.5 Å². The lowest BCUT2D eigenvalue weighted by molar-refractivity contribution is 0.560. The average molecular weight is 328 g/mol. The Bertz CT molecular complexity index is 518. The van der Waals surface area contributed by atoms with Crippen molar-refractivity contribution in [3.05, 3.63) is 55.9 Å². The van der Waals surface area contributed by atoms with E-state index in [1.54, 1.807) is 17.4 Å². The van der Waals surface area contributed by atoms with Gasteiger partial charge in [0, 0.05) is 14.9 Å². The van der Waals surface area contributed by atoms with Gasteiger partial charge in [0.1, 0.15) is 5.82 Å².